The molecule has 0 fully saturated rings. The quantitative estimate of drug-likeness (QED) is 0.435. The molecular weight excluding hydrogens is 377 g/mol. The first-order valence-electron chi connectivity index (χ1n) is 9.35. The molecule has 4 heteroatoms. The van der Waals surface area contributed by atoms with E-state index in [1.54, 1.807) is 12.1 Å². The second kappa shape index (κ2) is 8.72. The van der Waals surface area contributed by atoms with Crippen LogP contribution in [-0.4, -0.2) is 6.09 Å². The Kier molecular flexibility index (Phi) is 5.69. The molecule has 4 rings (SSSR count). The maximum absolute atomic E-state index is 13.0. The molecule has 1 amide bonds. The van der Waals surface area contributed by atoms with Crippen LogP contribution in [0.25, 0.3) is 0 Å². The van der Waals surface area contributed by atoms with E-state index in [0.717, 1.165) is 15.9 Å². The van der Waals surface area contributed by atoms with E-state index in [2.05, 4.69) is 0 Å². The van der Waals surface area contributed by atoms with Gasteiger partial charge in [-0.1, -0.05) is 109 Å². The van der Waals surface area contributed by atoms with E-state index < -0.39 is 13.1 Å². The van der Waals surface area contributed by atoms with Gasteiger partial charge in [0, 0.05) is 15.9 Å². The molecule has 0 spiro atoms. The van der Waals surface area contributed by atoms with Crippen LogP contribution in [0.2, 0.25) is 0 Å². The first-order chi connectivity index (χ1) is 14.3. The molecule has 0 N–H and O–H groups in total. The van der Waals surface area contributed by atoms with Crippen LogP contribution in [0.3, 0.4) is 0 Å². The summed E-state index contributed by atoms with van der Waals surface area (Å²) in [4.78, 5) is 13.0. The lowest BCUT2D eigenvalue weighted by atomic mass is 10.3. The van der Waals surface area contributed by atoms with E-state index in [1.165, 1.54) is 0 Å². The molecule has 0 atom stereocenters. The predicted molar refractivity (Wildman–Crippen MR) is 120 cm³/mol. The molecule has 142 valence electrons. The maximum atomic E-state index is 13.0. The molecule has 0 aliphatic carbocycles. The molecule has 0 aliphatic rings. The van der Waals surface area contributed by atoms with Crippen molar-refractivity contribution in [1.82, 2.24) is 0 Å². The molecule has 4 aromatic rings. The van der Waals surface area contributed by atoms with E-state index in [-0.39, 0.29) is 0 Å². The number of ether oxygens (including phenoxy) is 1. The number of amides is 1. The normalized spacial score (nSPS) is 10.9. The van der Waals surface area contributed by atoms with Gasteiger partial charge in [-0.3, -0.25) is 0 Å². The second-order valence-electron chi connectivity index (χ2n) is 6.42. The Morgan fingerprint density at radius 1 is 0.552 bits per heavy atom. The van der Waals surface area contributed by atoms with E-state index in [0.29, 0.717) is 5.75 Å². The number of benzene rings is 4. The first-order valence-corrected chi connectivity index (χ1v) is 11.1. The largest absolute Gasteiger partial charge is 0.438 e. The number of carbonyl (C=O) groups excluding carboxylic acids is 1. The highest BCUT2D eigenvalue weighted by Gasteiger charge is 2.29. The van der Waals surface area contributed by atoms with Crippen molar-refractivity contribution in [1.29, 1.82) is 0 Å². The van der Waals surface area contributed by atoms with Crippen molar-refractivity contribution in [3.63, 3.8) is 0 Å². The second-order valence-corrected chi connectivity index (χ2v) is 9.44. The lowest BCUT2D eigenvalue weighted by Crippen LogP contribution is -2.26. The van der Waals surface area contributed by atoms with Gasteiger partial charge in [-0.15, -0.1) is 0 Å². The van der Waals surface area contributed by atoms with Gasteiger partial charge in [0.2, 0.25) is 0 Å². The third-order valence-electron chi connectivity index (χ3n) is 4.57. The van der Waals surface area contributed by atoms with Crippen molar-refractivity contribution in [3.05, 3.63) is 121 Å². The third-order valence-corrected chi connectivity index (χ3v) is 8.17. The molecule has 4 aromatic carbocycles. The van der Waals surface area contributed by atoms with E-state index in [9.17, 15) is 4.79 Å². The minimum Gasteiger partial charge on any atom is -0.409 e. The fraction of sp³-hybridized carbons (Fsp3) is 0. The van der Waals surface area contributed by atoms with Crippen LogP contribution < -0.4 is 20.7 Å². The summed E-state index contributed by atoms with van der Waals surface area (Å²) in [6, 6.07) is 39.0. The molecule has 0 bridgehead atoms. The topological polar surface area (TPSA) is 38.7 Å². The standard InChI is InChI=1S/C25H20NO2P/c27-25(28-21-13-5-1-6-14-21)26-29(22-15-7-2-8-16-22,23-17-9-3-10-18-23)24-19-11-4-12-20-24/h1-20H. The summed E-state index contributed by atoms with van der Waals surface area (Å²) in [5.41, 5.74) is 0. The highest BCUT2D eigenvalue weighted by Crippen LogP contribution is 2.46. The average molecular weight is 397 g/mol. The van der Waals surface area contributed by atoms with Gasteiger partial charge in [-0.25, -0.2) is 4.79 Å². The summed E-state index contributed by atoms with van der Waals surface area (Å²) in [6.07, 6.45) is -0.596. The summed E-state index contributed by atoms with van der Waals surface area (Å²) in [5.74, 6) is 0.480. The molecule has 0 radical (unpaired) electrons. The van der Waals surface area contributed by atoms with Crippen molar-refractivity contribution in [2.45, 2.75) is 0 Å². The van der Waals surface area contributed by atoms with Crippen LogP contribution >= 0.6 is 7.05 Å². The van der Waals surface area contributed by atoms with Gasteiger partial charge in [0.1, 0.15) is 5.75 Å². The number of carbonyl (C=O) groups is 1. The number of hydrogen-bond acceptors (Lipinski definition) is 2. The molecule has 0 aromatic heterocycles. The summed E-state index contributed by atoms with van der Waals surface area (Å²) < 4.78 is 10.3. The Morgan fingerprint density at radius 2 is 0.897 bits per heavy atom. The molecule has 0 heterocycles. The molecule has 29 heavy (non-hydrogen) atoms. The van der Waals surface area contributed by atoms with Gasteiger partial charge in [0.05, 0.1) is 7.05 Å². The maximum Gasteiger partial charge on any atom is 0.438 e. The van der Waals surface area contributed by atoms with Crippen LogP contribution in [0.5, 0.6) is 5.75 Å². The first kappa shape index (κ1) is 18.9. The summed E-state index contributed by atoms with van der Waals surface area (Å²) >= 11 is 0. The summed E-state index contributed by atoms with van der Waals surface area (Å²) in [7, 11) is -2.60. The van der Waals surface area contributed by atoms with Gasteiger partial charge in [-0.05, 0) is 12.1 Å². The summed E-state index contributed by atoms with van der Waals surface area (Å²) in [5, 5.41) is 3.01. The fourth-order valence-corrected chi connectivity index (χ4v) is 6.62. The van der Waals surface area contributed by atoms with Crippen LogP contribution in [0, 0.1) is 0 Å². The monoisotopic (exact) mass is 397 g/mol. The Morgan fingerprint density at radius 3 is 1.28 bits per heavy atom. The molecule has 0 saturated carbocycles. The predicted octanol–water partition coefficient (Wildman–Crippen LogP) is 5.36. The zero-order valence-corrected chi connectivity index (χ0v) is 16.7. The highest BCUT2D eigenvalue weighted by atomic mass is 31.2. The highest BCUT2D eigenvalue weighted by molar-refractivity contribution is 7.87. The van der Waals surface area contributed by atoms with Crippen LogP contribution in [-0.2, 0) is 0 Å². The third kappa shape index (κ3) is 4.06. The lowest BCUT2D eigenvalue weighted by molar-refractivity contribution is 0.212. The van der Waals surface area contributed by atoms with E-state index in [1.807, 2.05) is 109 Å². The smallest absolute Gasteiger partial charge is 0.409 e. The van der Waals surface area contributed by atoms with Crippen LogP contribution in [0.15, 0.2) is 126 Å². The Bertz CT molecular complexity index is 1030. The fourth-order valence-electron chi connectivity index (χ4n) is 3.28. The molecule has 3 nitrogen and oxygen atoms in total. The van der Waals surface area contributed by atoms with Crippen LogP contribution in [0.1, 0.15) is 0 Å². The Labute approximate surface area is 170 Å². The van der Waals surface area contributed by atoms with Crippen molar-refractivity contribution in [2.24, 2.45) is 4.74 Å². The molecular formula is C25H20NO2P. The molecule has 0 saturated heterocycles. The minimum absolute atomic E-state index is 0.480. The van der Waals surface area contributed by atoms with Gasteiger partial charge >= 0.3 is 6.09 Å². The van der Waals surface area contributed by atoms with Crippen LogP contribution in [0.4, 0.5) is 4.79 Å². The number of para-hydroxylation sites is 1. The van der Waals surface area contributed by atoms with Gasteiger partial charge < -0.3 is 4.74 Å². The summed E-state index contributed by atoms with van der Waals surface area (Å²) in [6.45, 7) is 0. The molecule has 0 unspecified atom stereocenters. The Balaban J connectivity index is 1.96. The Hall–Kier alpha value is -3.42. The minimum atomic E-state index is -2.60. The average Bonchev–Trinajstić information content (AvgIpc) is 2.80. The van der Waals surface area contributed by atoms with E-state index >= 15 is 0 Å². The number of rotatable bonds is 4. The van der Waals surface area contributed by atoms with E-state index in [4.69, 9.17) is 9.48 Å². The van der Waals surface area contributed by atoms with Crippen molar-refractivity contribution >= 4 is 29.1 Å². The van der Waals surface area contributed by atoms with Gasteiger partial charge in [0.25, 0.3) is 0 Å². The van der Waals surface area contributed by atoms with Crippen molar-refractivity contribution in [3.8, 4) is 5.75 Å². The number of nitrogens with zero attached hydrogens (tertiary/aromatic N) is 1. The van der Waals surface area contributed by atoms with Gasteiger partial charge in [-0.2, -0.15) is 4.74 Å². The van der Waals surface area contributed by atoms with Crippen molar-refractivity contribution < 1.29 is 9.53 Å². The van der Waals surface area contributed by atoms with Crippen molar-refractivity contribution in [2.75, 3.05) is 0 Å². The molecule has 0 aliphatic heterocycles. The zero-order valence-electron chi connectivity index (χ0n) is 15.8. The SMILES string of the molecule is O=C(N=P(c1ccccc1)(c1ccccc1)c1ccccc1)Oc1ccccc1. The van der Waals surface area contributed by atoms with Gasteiger partial charge in [0.15, 0.2) is 0 Å². The lowest BCUT2D eigenvalue weighted by Gasteiger charge is -2.26. The number of hydrogen-bond donors (Lipinski definition) is 0. The zero-order chi connectivity index (χ0) is 19.9.